The molecular formula is C23H31ClN2OS. The number of hydrogen-bond acceptors (Lipinski definition) is 3. The zero-order valence-corrected chi connectivity index (χ0v) is 18.7. The van der Waals surface area contributed by atoms with Crippen LogP contribution in [0.5, 0.6) is 5.75 Å². The van der Waals surface area contributed by atoms with Gasteiger partial charge in [-0.15, -0.1) is 12.4 Å². The molecule has 152 valence electrons. The molecule has 0 unspecified atom stereocenters. The largest absolute Gasteiger partial charge is 0.432 e. The van der Waals surface area contributed by atoms with Crippen molar-refractivity contribution in [2.45, 2.75) is 32.7 Å². The van der Waals surface area contributed by atoms with Crippen molar-refractivity contribution in [1.82, 2.24) is 9.80 Å². The highest BCUT2D eigenvalue weighted by Gasteiger charge is 2.22. The van der Waals surface area contributed by atoms with Gasteiger partial charge in [0.2, 0.25) is 0 Å². The summed E-state index contributed by atoms with van der Waals surface area (Å²) in [5, 5.41) is 0.602. The van der Waals surface area contributed by atoms with E-state index >= 15 is 0 Å². The van der Waals surface area contributed by atoms with E-state index in [-0.39, 0.29) is 12.4 Å². The Balaban J connectivity index is 0.00000280. The first kappa shape index (κ1) is 22.7. The van der Waals surface area contributed by atoms with E-state index < -0.39 is 0 Å². The van der Waals surface area contributed by atoms with Gasteiger partial charge in [-0.1, -0.05) is 42.0 Å². The Labute approximate surface area is 181 Å². The van der Waals surface area contributed by atoms with Crippen molar-refractivity contribution in [2.75, 3.05) is 27.2 Å². The lowest BCUT2D eigenvalue weighted by molar-refractivity contribution is 0.242. The molecule has 0 amide bonds. The first-order chi connectivity index (χ1) is 13.0. The molecule has 5 heteroatoms. The summed E-state index contributed by atoms with van der Waals surface area (Å²) < 4.78 is 5.86. The number of halogens is 1. The van der Waals surface area contributed by atoms with Gasteiger partial charge in [-0.05, 0) is 81.7 Å². The third-order valence-corrected chi connectivity index (χ3v) is 5.49. The maximum absolute atomic E-state index is 5.86. The maximum atomic E-state index is 5.86. The summed E-state index contributed by atoms with van der Waals surface area (Å²) in [6.07, 6.45) is 3.48. The van der Waals surface area contributed by atoms with Crippen LogP contribution in [-0.2, 0) is 13.0 Å². The predicted octanol–water partition coefficient (Wildman–Crippen LogP) is 5.10. The van der Waals surface area contributed by atoms with Crippen molar-refractivity contribution in [2.24, 2.45) is 5.92 Å². The number of hydrogen-bond donors (Lipinski definition) is 0. The first-order valence-electron chi connectivity index (χ1n) is 9.75. The smallest absolute Gasteiger partial charge is 0.264 e. The molecule has 1 fully saturated rings. The molecular weight excluding hydrogens is 388 g/mol. The number of benzene rings is 2. The fourth-order valence-electron chi connectivity index (χ4n) is 3.57. The molecule has 1 aliphatic heterocycles. The molecule has 0 aliphatic carbocycles. The number of piperidine rings is 1. The van der Waals surface area contributed by atoms with E-state index in [0.29, 0.717) is 5.17 Å². The Morgan fingerprint density at radius 1 is 1.00 bits per heavy atom. The second-order valence-electron chi connectivity index (χ2n) is 7.87. The quantitative estimate of drug-likeness (QED) is 0.627. The number of thiocarbonyl (C=S) groups is 1. The molecule has 3 rings (SSSR count). The molecule has 0 atom stereocenters. The molecule has 0 spiro atoms. The Bertz CT molecular complexity index is 738. The highest BCUT2D eigenvalue weighted by molar-refractivity contribution is 7.80. The van der Waals surface area contributed by atoms with Gasteiger partial charge in [-0.2, -0.15) is 0 Å². The van der Waals surface area contributed by atoms with Crippen molar-refractivity contribution in [1.29, 1.82) is 0 Å². The van der Waals surface area contributed by atoms with Crippen LogP contribution in [-0.4, -0.2) is 42.2 Å². The Kier molecular flexibility index (Phi) is 8.74. The number of rotatable bonds is 5. The van der Waals surface area contributed by atoms with Crippen LogP contribution in [0, 0.1) is 12.8 Å². The van der Waals surface area contributed by atoms with Crippen LogP contribution in [0.15, 0.2) is 48.5 Å². The lowest BCUT2D eigenvalue weighted by Crippen LogP contribution is -2.40. The fraction of sp³-hybridized carbons (Fsp3) is 0.435. The summed E-state index contributed by atoms with van der Waals surface area (Å²) in [7, 11) is 4.21. The Hall–Kier alpha value is -1.62. The summed E-state index contributed by atoms with van der Waals surface area (Å²) in [6.45, 7) is 5.03. The predicted molar refractivity (Wildman–Crippen MR) is 123 cm³/mol. The van der Waals surface area contributed by atoms with Crippen LogP contribution >= 0.6 is 24.6 Å². The van der Waals surface area contributed by atoms with Crippen molar-refractivity contribution >= 4 is 29.8 Å². The Morgan fingerprint density at radius 3 is 2.14 bits per heavy atom. The molecule has 0 aromatic heterocycles. The van der Waals surface area contributed by atoms with Gasteiger partial charge in [0, 0.05) is 19.6 Å². The summed E-state index contributed by atoms with van der Waals surface area (Å²) >= 11 is 5.51. The molecule has 1 aliphatic rings. The molecule has 2 aromatic rings. The molecule has 0 N–H and O–H groups in total. The van der Waals surface area contributed by atoms with Gasteiger partial charge < -0.3 is 14.5 Å². The minimum absolute atomic E-state index is 0. The monoisotopic (exact) mass is 418 g/mol. The van der Waals surface area contributed by atoms with E-state index in [0.717, 1.165) is 50.6 Å². The van der Waals surface area contributed by atoms with E-state index in [2.05, 4.69) is 55.1 Å². The van der Waals surface area contributed by atoms with Gasteiger partial charge in [-0.3, -0.25) is 0 Å². The van der Waals surface area contributed by atoms with Crippen molar-refractivity contribution in [3.8, 4) is 5.75 Å². The van der Waals surface area contributed by atoms with E-state index in [4.69, 9.17) is 17.0 Å². The second kappa shape index (κ2) is 10.8. The minimum atomic E-state index is 0. The summed E-state index contributed by atoms with van der Waals surface area (Å²) in [5.74, 6) is 1.55. The normalized spacial score (nSPS) is 14.6. The summed E-state index contributed by atoms with van der Waals surface area (Å²) in [6, 6.07) is 17.2. The fourth-order valence-corrected chi connectivity index (χ4v) is 3.85. The molecule has 0 bridgehead atoms. The van der Waals surface area contributed by atoms with Gasteiger partial charge >= 0.3 is 0 Å². The molecule has 28 heavy (non-hydrogen) atoms. The molecule has 3 nitrogen and oxygen atoms in total. The highest BCUT2D eigenvalue weighted by atomic mass is 35.5. The minimum Gasteiger partial charge on any atom is -0.432 e. The topological polar surface area (TPSA) is 15.7 Å². The molecule has 0 radical (unpaired) electrons. The number of aryl methyl sites for hydroxylation is 1. The average molecular weight is 419 g/mol. The van der Waals surface area contributed by atoms with Gasteiger partial charge in [0.05, 0.1) is 0 Å². The van der Waals surface area contributed by atoms with Crippen LogP contribution in [0.2, 0.25) is 0 Å². The van der Waals surface area contributed by atoms with Gasteiger partial charge in [0.15, 0.2) is 0 Å². The first-order valence-corrected chi connectivity index (χ1v) is 10.2. The van der Waals surface area contributed by atoms with Crippen LogP contribution in [0.1, 0.15) is 29.5 Å². The molecule has 2 aromatic carbocycles. The number of likely N-dealkylation sites (tertiary alicyclic amines) is 1. The second-order valence-corrected chi connectivity index (χ2v) is 8.22. The van der Waals surface area contributed by atoms with Crippen molar-refractivity contribution in [3.63, 3.8) is 0 Å². The average Bonchev–Trinajstić information content (AvgIpc) is 2.65. The van der Waals surface area contributed by atoms with Crippen LogP contribution in [0.3, 0.4) is 0 Å². The molecule has 0 saturated carbocycles. The van der Waals surface area contributed by atoms with Gasteiger partial charge in [-0.25, -0.2) is 0 Å². The highest BCUT2D eigenvalue weighted by Crippen LogP contribution is 2.23. The third kappa shape index (κ3) is 6.77. The van der Waals surface area contributed by atoms with E-state index in [1.54, 1.807) is 0 Å². The standard InChI is InChI=1S/C23H30N2OS.ClH/c1-18-4-10-22(11-5-18)26-23(27)25-14-12-20(13-15-25)16-19-6-8-21(9-7-19)17-24(2)3;/h4-11,20H,12-17H2,1-3H3;1H. The van der Waals surface area contributed by atoms with Crippen molar-refractivity contribution in [3.05, 3.63) is 65.2 Å². The zero-order valence-electron chi connectivity index (χ0n) is 17.1. The SMILES string of the molecule is Cc1ccc(OC(=S)N2CCC(Cc3ccc(CN(C)C)cc3)CC2)cc1.Cl. The summed E-state index contributed by atoms with van der Waals surface area (Å²) in [4.78, 5) is 4.40. The van der Waals surface area contributed by atoms with Crippen LogP contribution in [0.4, 0.5) is 0 Å². The Morgan fingerprint density at radius 2 is 1.57 bits per heavy atom. The number of nitrogens with zero attached hydrogens (tertiary/aromatic N) is 2. The van der Waals surface area contributed by atoms with E-state index in [9.17, 15) is 0 Å². The van der Waals surface area contributed by atoms with Crippen LogP contribution in [0.25, 0.3) is 0 Å². The van der Waals surface area contributed by atoms with Gasteiger partial charge in [0.1, 0.15) is 5.75 Å². The van der Waals surface area contributed by atoms with Gasteiger partial charge in [0.25, 0.3) is 5.17 Å². The molecule has 1 heterocycles. The number of ether oxygens (including phenoxy) is 1. The van der Waals surface area contributed by atoms with E-state index in [1.165, 1.54) is 16.7 Å². The third-order valence-electron chi connectivity index (χ3n) is 5.15. The lowest BCUT2D eigenvalue weighted by Gasteiger charge is -2.33. The molecule has 1 saturated heterocycles. The maximum Gasteiger partial charge on any atom is 0.264 e. The van der Waals surface area contributed by atoms with Crippen LogP contribution < -0.4 is 4.74 Å². The summed E-state index contributed by atoms with van der Waals surface area (Å²) in [5.41, 5.74) is 4.04. The van der Waals surface area contributed by atoms with Crippen molar-refractivity contribution < 1.29 is 4.74 Å². The van der Waals surface area contributed by atoms with E-state index in [1.807, 2.05) is 24.3 Å². The lowest BCUT2D eigenvalue weighted by atomic mass is 9.90. The zero-order chi connectivity index (χ0) is 19.2.